The first kappa shape index (κ1) is 14.3. The Morgan fingerprint density at radius 3 is 1.85 bits per heavy atom. The molecule has 2 rings (SSSR count). The van der Waals surface area contributed by atoms with Crippen molar-refractivity contribution in [3.63, 3.8) is 0 Å². The van der Waals surface area contributed by atoms with E-state index in [4.69, 9.17) is 5.73 Å². The molecule has 0 aliphatic carbocycles. The van der Waals surface area contributed by atoms with Crippen LogP contribution in [0.15, 0.2) is 35.3 Å². The van der Waals surface area contributed by atoms with Gasteiger partial charge in [0.2, 0.25) is 0 Å². The quantitative estimate of drug-likeness (QED) is 0.640. The van der Waals surface area contributed by atoms with E-state index in [0.29, 0.717) is 5.84 Å². The molecule has 20 heavy (non-hydrogen) atoms. The standard InChI is InChI=1S/C18H22N2/c1-11-9-14(4)17(15(5)10-11)20-18(19)16-12(2)7-6-8-13(16)3/h6-10H,1-5H3,(H2,19,20). The van der Waals surface area contributed by atoms with Gasteiger partial charge >= 0.3 is 0 Å². The van der Waals surface area contributed by atoms with Gasteiger partial charge in [0, 0.05) is 5.56 Å². The lowest BCUT2D eigenvalue weighted by Crippen LogP contribution is -2.16. The normalized spacial score (nSPS) is 11.8. The monoisotopic (exact) mass is 266 g/mol. The van der Waals surface area contributed by atoms with Gasteiger partial charge in [0.25, 0.3) is 0 Å². The van der Waals surface area contributed by atoms with Crippen LogP contribution in [0.5, 0.6) is 0 Å². The van der Waals surface area contributed by atoms with Crippen molar-refractivity contribution in [3.8, 4) is 0 Å². The molecule has 0 radical (unpaired) electrons. The summed E-state index contributed by atoms with van der Waals surface area (Å²) in [5, 5.41) is 0. The van der Waals surface area contributed by atoms with Crippen molar-refractivity contribution < 1.29 is 0 Å². The van der Waals surface area contributed by atoms with Crippen molar-refractivity contribution in [2.45, 2.75) is 34.6 Å². The number of aryl methyl sites for hydroxylation is 5. The van der Waals surface area contributed by atoms with Crippen molar-refractivity contribution in [2.75, 3.05) is 0 Å². The Bertz CT molecular complexity index is 639. The predicted octanol–water partition coefficient (Wildman–Crippen LogP) is 4.27. The largest absolute Gasteiger partial charge is 0.383 e. The van der Waals surface area contributed by atoms with Gasteiger partial charge in [0.15, 0.2) is 0 Å². The minimum Gasteiger partial charge on any atom is -0.383 e. The van der Waals surface area contributed by atoms with Crippen molar-refractivity contribution in [2.24, 2.45) is 10.7 Å². The van der Waals surface area contributed by atoms with Gasteiger partial charge in [-0.05, 0) is 56.9 Å². The summed E-state index contributed by atoms with van der Waals surface area (Å²) in [6.45, 7) is 10.4. The van der Waals surface area contributed by atoms with E-state index in [1.807, 2.05) is 6.07 Å². The predicted molar refractivity (Wildman–Crippen MR) is 87.0 cm³/mol. The maximum Gasteiger partial charge on any atom is 0.131 e. The molecule has 0 fully saturated rings. The highest BCUT2D eigenvalue weighted by Gasteiger charge is 2.09. The van der Waals surface area contributed by atoms with Gasteiger partial charge in [0.05, 0.1) is 5.69 Å². The number of nitrogens with zero attached hydrogens (tertiary/aromatic N) is 1. The van der Waals surface area contributed by atoms with Gasteiger partial charge in [0.1, 0.15) is 5.84 Å². The van der Waals surface area contributed by atoms with Crippen LogP contribution < -0.4 is 5.73 Å². The van der Waals surface area contributed by atoms with Crippen LogP contribution in [-0.4, -0.2) is 5.84 Å². The van der Waals surface area contributed by atoms with E-state index in [0.717, 1.165) is 33.5 Å². The number of hydrogen-bond donors (Lipinski definition) is 1. The third-order valence-electron chi connectivity index (χ3n) is 3.60. The fourth-order valence-corrected chi connectivity index (χ4v) is 2.74. The molecule has 0 aliphatic heterocycles. The van der Waals surface area contributed by atoms with Crippen LogP contribution in [0.25, 0.3) is 0 Å². The molecule has 0 unspecified atom stereocenters. The Kier molecular flexibility index (Phi) is 3.93. The number of aliphatic imine (C=N–C) groups is 1. The van der Waals surface area contributed by atoms with Gasteiger partial charge in [-0.1, -0.05) is 35.9 Å². The molecular weight excluding hydrogens is 244 g/mol. The molecule has 2 nitrogen and oxygen atoms in total. The van der Waals surface area contributed by atoms with Crippen LogP contribution in [0.1, 0.15) is 33.4 Å². The summed E-state index contributed by atoms with van der Waals surface area (Å²) in [5.74, 6) is 0.593. The molecule has 0 amide bonds. The van der Waals surface area contributed by atoms with Crippen LogP contribution in [0.3, 0.4) is 0 Å². The van der Waals surface area contributed by atoms with Gasteiger partial charge in [-0.25, -0.2) is 4.99 Å². The van der Waals surface area contributed by atoms with Gasteiger partial charge in [-0.15, -0.1) is 0 Å². The third-order valence-corrected chi connectivity index (χ3v) is 3.60. The van der Waals surface area contributed by atoms with E-state index in [2.05, 4.69) is 63.9 Å². The fraction of sp³-hybridized carbons (Fsp3) is 0.278. The maximum absolute atomic E-state index is 6.25. The Morgan fingerprint density at radius 2 is 1.35 bits per heavy atom. The van der Waals surface area contributed by atoms with Crippen LogP contribution in [0, 0.1) is 34.6 Å². The fourth-order valence-electron chi connectivity index (χ4n) is 2.74. The first-order chi connectivity index (χ1) is 9.40. The second kappa shape index (κ2) is 5.49. The zero-order valence-corrected chi connectivity index (χ0v) is 12.9. The molecule has 2 aromatic rings. The summed E-state index contributed by atoms with van der Waals surface area (Å²) >= 11 is 0. The highest BCUT2D eigenvalue weighted by Crippen LogP contribution is 2.26. The highest BCUT2D eigenvalue weighted by atomic mass is 14.9. The first-order valence-corrected chi connectivity index (χ1v) is 6.88. The van der Waals surface area contributed by atoms with E-state index < -0.39 is 0 Å². The van der Waals surface area contributed by atoms with E-state index in [1.54, 1.807) is 0 Å². The van der Waals surface area contributed by atoms with Crippen LogP contribution >= 0.6 is 0 Å². The minimum atomic E-state index is 0.593. The summed E-state index contributed by atoms with van der Waals surface area (Å²) in [5.41, 5.74) is 14.2. The Labute approximate surface area is 121 Å². The molecule has 0 bridgehead atoms. The van der Waals surface area contributed by atoms with Crippen molar-refractivity contribution in [3.05, 3.63) is 63.7 Å². The smallest absolute Gasteiger partial charge is 0.131 e. The number of amidine groups is 1. The molecule has 0 aliphatic rings. The second-order valence-electron chi connectivity index (χ2n) is 5.51. The topological polar surface area (TPSA) is 38.4 Å². The third kappa shape index (κ3) is 2.74. The van der Waals surface area contributed by atoms with Crippen molar-refractivity contribution in [1.82, 2.24) is 0 Å². The first-order valence-electron chi connectivity index (χ1n) is 6.88. The van der Waals surface area contributed by atoms with Gasteiger partial charge < -0.3 is 5.73 Å². The number of benzene rings is 2. The molecule has 0 atom stereocenters. The Morgan fingerprint density at radius 1 is 0.850 bits per heavy atom. The average Bonchev–Trinajstić information content (AvgIpc) is 2.33. The van der Waals surface area contributed by atoms with E-state index in [1.165, 1.54) is 5.56 Å². The molecule has 0 aromatic heterocycles. The molecule has 0 saturated heterocycles. The van der Waals surface area contributed by atoms with Crippen LogP contribution in [0.2, 0.25) is 0 Å². The van der Waals surface area contributed by atoms with Gasteiger partial charge in [-0.2, -0.15) is 0 Å². The van der Waals surface area contributed by atoms with Crippen molar-refractivity contribution >= 4 is 11.5 Å². The summed E-state index contributed by atoms with van der Waals surface area (Å²) in [4.78, 5) is 4.69. The molecule has 104 valence electrons. The highest BCUT2D eigenvalue weighted by molar-refractivity contribution is 6.01. The molecule has 0 saturated carbocycles. The number of rotatable bonds is 2. The summed E-state index contributed by atoms with van der Waals surface area (Å²) in [7, 11) is 0. The SMILES string of the molecule is Cc1cc(C)c(N=C(N)c2c(C)cccc2C)c(C)c1. The number of hydrogen-bond acceptors (Lipinski definition) is 1. The van der Waals surface area contributed by atoms with Crippen LogP contribution in [-0.2, 0) is 0 Å². The van der Waals surface area contributed by atoms with Crippen molar-refractivity contribution in [1.29, 1.82) is 0 Å². The molecule has 2 N–H and O–H groups in total. The molecule has 2 aromatic carbocycles. The average molecular weight is 266 g/mol. The molecule has 0 heterocycles. The van der Waals surface area contributed by atoms with E-state index >= 15 is 0 Å². The molecule has 0 spiro atoms. The lowest BCUT2D eigenvalue weighted by Gasteiger charge is -2.11. The zero-order valence-electron chi connectivity index (χ0n) is 12.9. The summed E-state index contributed by atoms with van der Waals surface area (Å²) in [6, 6.07) is 10.5. The molecular formula is C18H22N2. The van der Waals surface area contributed by atoms with E-state index in [-0.39, 0.29) is 0 Å². The molecule has 2 heteroatoms. The second-order valence-corrected chi connectivity index (χ2v) is 5.51. The number of nitrogens with two attached hydrogens (primary N) is 1. The minimum absolute atomic E-state index is 0.593. The zero-order chi connectivity index (χ0) is 14.9. The Hall–Kier alpha value is -2.09. The van der Waals surface area contributed by atoms with Gasteiger partial charge in [-0.3, -0.25) is 0 Å². The summed E-state index contributed by atoms with van der Waals surface area (Å²) in [6.07, 6.45) is 0. The van der Waals surface area contributed by atoms with Crippen LogP contribution in [0.4, 0.5) is 5.69 Å². The summed E-state index contributed by atoms with van der Waals surface area (Å²) < 4.78 is 0. The maximum atomic E-state index is 6.25. The lowest BCUT2D eigenvalue weighted by molar-refractivity contribution is 1.27. The Balaban J connectivity index is 2.56. The van der Waals surface area contributed by atoms with E-state index in [9.17, 15) is 0 Å². The lowest BCUT2D eigenvalue weighted by atomic mass is 10.0.